The molecular formula is C23H27N5O3. The Labute approximate surface area is 181 Å². The number of methoxy groups -OCH3 is 1. The smallest absolute Gasteiger partial charge is 0.253 e. The van der Waals surface area contributed by atoms with Crippen LogP contribution in [0.5, 0.6) is 0 Å². The van der Waals surface area contributed by atoms with Gasteiger partial charge in [-0.15, -0.1) is 0 Å². The van der Waals surface area contributed by atoms with E-state index in [4.69, 9.17) is 9.72 Å². The first-order valence-electron chi connectivity index (χ1n) is 10.3. The van der Waals surface area contributed by atoms with Gasteiger partial charge in [-0.25, -0.2) is 4.98 Å². The average molecular weight is 422 g/mol. The molecule has 3 aromatic rings. The second-order valence-corrected chi connectivity index (χ2v) is 7.87. The summed E-state index contributed by atoms with van der Waals surface area (Å²) in [5.41, 5.74) is 3.40. The van der Waals surface area contributed by atoms with Crippen molar-refractivity contribution in [3.8, 4) is 0 Å². The number of aromatic amines is 1. The van der Waals surface area contributed by atoms with Gasteiger partial charge in [-0.3, -0.25) is 9.59 Å². The number of benzene rings is 2. The summed E-state index contributed by atoms with van der Waals surface area (Å²) in [6.07, 6.45) is 0. The van der Waals surface area contributed by atoms with E-state index >= 15 is 0 Å². The number of para-hydroxylation sites is 2. The van der Waals surface area contributed by atoms with E-state index in [-0.39, 0.29) is 24.5 Å². The minimum atomic E-state index is -0.367. The molecule has 8 heteroatoms. The summed E-state index contributed by atoms with van der Waals surface area (Å²) in [5.74, 6) is 0.506. The number of rotatable bonds is 5. The van der Waals surface area contributed by atoms with Crippen molar-refractivity contribution in [1.82, 2.24) is 19.8 Å². The predicted molar refractivity (Wildman–Crippen MR) is 119 cm³/mol. The molecule has 0 saturated carbocycles. The summed E-state index contributed by atoms with van der Waals surface area (Å²) in [4.78, 5) is 39.4. The maximum atomic E-state index is 13.2. The van der Waals surface area contributed by atoms with Crippen molar-refractivity contribution in [3.63, 3.8) is 0 Å². The minimum Gasteiger partial charge on any atom is -0.378 e. The maximum absolute atomic E-state index is 13.2. The highest BCUT2D eigenvalue weighted by Gasteiger charge is 2.35. The van der Waals surface area contributed by atoms with Gasteiger partial charge in [0.05, 0.1) is 11.0 Å². The van der Waals surface area contributed by atoms with Crippen molar-refractivity contribution in [2.45, 2.75) is 6.04 Å². The molecule has 1 atom stereocenters. The van der Waals surface area contributed by atoms with Gasteiger partial charge in [-0.05, 0) is 36.4 Å². The molecule has 1 aliphatic rings. The van der Waals surface area contributed by atoms with Crippen LogP contribution in [-0.4, -0.2) is 79.0 Å². The quantitative estimate of drug-likeness (QED) is 0.684. The zero-order valence-corrected chi connectivity index (χ0v) is 18.0. The molecule has 1 aromatic heterocycles. The summed E-state index contributed by atoms with van der Waals surface area (Å²) in [6, 6.07) is 14.9. The largest absolute Gasteiger partial charge is 0.378 e. The van der Waals surface area contributed by atoms with Crippen molar-refractivity contribution >= 4 is 28.5 Å². The number of aromatic nitrogens is 2. The number of hydrogen-bond donors (Lipinski definition) is 1. The fraction of sp³-hybridized carbons (Fsp3) is 0.348. The lowest BCUT2D eigenvalue weighted by atomic mass is 10.1. The van der Waals surface area contributed by atoms with Crippen LogP contribution in [0, 0.1) is 0 Å². The van der Waals surface area contributed by atoms with Crippen LogP contribution >= 0.6 is 0 Å². The van der Waals surface area contributed by atoms with Gasteiger partial charge >= 0.3 is 0 Å². The van der Waals surface area contributed by atoms with Crippen LogP contribution < -0.4 is 4.90 Å². The number of fused-ring (bicyclic) bond motifs is 1. The zero-order chi connectivity index (χ0) is 22.0. The van der Waals surface area contributed by atoms with Crippen LogP contribution in [0.4, 0.5) is 5.69 Å². The lowest BCUT2D eigenvalue weighted by molar-refractivity contribution is -0.140. The Kier molecular flexibility index (Phi) is 5.90. The van der Waals surface area contributed by atoms with Crippen LogP contribution in [0.25, 0.3) is 11.0 Å². The molecule has 162 valence electrons. The Morgan fingerprint density at radius 1 is 1.13 bits per heavy atom. The summed E-state index contributed by atoms with van der Waals surface area (Å²) in [6.45, 7) is 1.24. The Morgan fingerprint density at radius 3 is 2.55 bits per heavy atom. The van der Waals surface area contributed by atoms with E-state index in [0.29, 0.717) is 31.0 Å². The molecule has 0 spiro atoms. The van der Waals surface area contributed by atoms with E-state index in [1.165, 1.54) is 7.11 Å². The first-order chi connectivity index (χ1) is 15.0. The number of carbonyl (C=O) groups excluding carboxylic acids is 2. The predicted octanol–water partition coefficient (Wildman–Crippen LogP) is 2.30. The molecule has 1 N–H and O–H groups in total. The number of carbonyl (C=O) groups is 2. The van der Waals surface area contributed by atoms with Crippen LogP contribution in [-0.2, 0) is 9.53 Å². The number of piperazine rings is 1. The SMILES string of the molecule is COCC(=O)N1CCN(C(=O)c2ccc(N(C)C)cc2)CC1c1nc2ccccc2[nH]1. The molecule has 1 fully saturated rings. The molecule has 1 aliphatic heterocycles. The van der Waals surface area contributed by atoms with Gasteiger partial charge in [0.1, 0.15) is 18.5 Å². The summed E-state index contributed by atoms with van der Waals surface area (Å²) in [5, 5.41) is 0. The molecular weight excluding hydrogens is 394 g/mol. The fourth-order valence-electron chi connectivity index (χ4n) is 3.92. The molecule has 1 unspecified atom stereocenters. The molecule has 2 amide bonds. The van der Waals surface area contributed by atoms with Gasteiger partial charge in [0, 0.05) is 52.1 Å². The van der Waals surface area contributed by atoms with E-state index in [2.05, 4.69) is 4.98 Å². The molecule has 8 nitrogen and oxygen atoms in total. The summed E-state index contributed by atoms with van der Waals surface area (Å²) >= 11 is 0. The number of ether oxygens (including phenoxy) is 1. The van der Waals surface area contributed by atoms with Crippen molar-refractivity contribution in [2.24, 2.45) is 0 Å². The second-order valence-electron chi connectivity index (χ2n) is 7.87. The molecule has 4 rings (SSSR count). The van der Waals surface area contributed by atoms with Gasteiger partial charge < -0.3 is 24.4 Å². The highest BCUT2D eigenvalue weighted by molar-refractivity contribution is 5.95. The normalized spacial score (nSPS) is 16.5. The van der Waals surface area contributed by atoms with Gasteiger partial charge in [0.15, 0.2) is 0 Å². The molecule has 2 aromatic carbocycles. The second kappa shape index (κ2) is 8.77. The van der Waals surface area contributed by atoms with Crippen molar-refractivity contribution < 1.29 is 14.3 Å². The van der Waals surface area contributed by atoms with Crippen molar-refractivity contribution in [1.29, 1.82) is 0 Å². The Morgan fingerprint density at radius 2 is 1.87 bits per heavy atom. The van der Waals surface area contributed by atoms with Crippen LogP contribution in [0.15, 0.2) is 48.5 Å². The number of imidazole rings is 1. The fourth-order valence-corrected chi connectivity index (χ4v) is 3.92. The Balaban J connectivity index is 1.60. The summed E-state index contributed by atoms with van der Waals surface area (Å²) < 4.78 is 5.07. The third kappa shape index (κ3) is 4.25. The van der Waals surface area contributed by atoms with Crippen LogP contribution in [0.2, 0.25) is 0 Å². The van der Waals surface area contributed by atoms with Gasteiger partial charge in [-0.1, -0.05) is 12.1 Å². The van der Waals surface area contributed by atoms with Gasteiger partial charge in [0.25, 0.3) is 5.91 Å². The Bertz CT molecular complexity index is 1040. The van der Waals surface area contributed by atoms with E-state index in [0.717, 1.165) is 16.7 Å². The van der Waals surface area contributed by atoms with E-state index in [9.17, 15) is 9.59 Å². The van der Waals surface area contributed by atoms with E-state index < -0.39 is 0 Å². The molecule has 31 heavy (non-hydrogen) atoms. The maximum Gasteiger partial charge on any atom is 0.253 e. The molecule has 0 bridgehead atoms. The standard InChI is InChI=1S/C23H27N5O3/c1-26(2)17-10-8-16(9-11-17)23(30)27-12-13-28(21(29)15-31-3)20(14-27)22-24-18-6-4-5-7-19(18)25-22/h4-11,20H,12-15H2,1-3H3,(H,24,25). The van der Waals surface area contributed by atoms with Gasteiger partial charge in [0.2, 0.25) is 5.91 Å². The zero-order valence-electron chi connectivity index (χ0n) is 18.0. The number of nitrogens with one attached hydrogen (secondary N) is 1. The van der Waals surface area contributed by atoms with E-state index in [1.807, 2.05) is 67.5 Å². The first-order valence-corrected chi connectivity index (χ1v) is 10.3. The third-order valence-corrected chi connectivity index (χ3v) is 5.61. The minimum absolute atomic E-state index is 0.00330. The molecule has 0 radical (unpaired) electrons. The van der Waals surface area contributed by atoms with Crippen molar-refractivity contribution in [3.05, 3.63) is 59.9 Å². The number of amides is 2. The number of H-pyrrole nitrogens is 1. The Hall–Kier alpha value is -3.39. The average Bonchev–Trinajstić information content (AvgIpc) is 3.22. The summed E-state index contributed by atoms with van der Waals surface area (Å²) in [7, 11) is 5.43. The molecule has 1 saturated heterocycles. The third-order valence-electron chi connectivity index (χ3n) is 5.61. The highest BCUT2D eigenvalue weighted by Crippen LogP contribution is 2.27. The topological polar surface area (TPSA) is 81.8 Å². The number of anilines is 1. The number of nitrogens with zero attached hydrogens (tertiary/aromatic N) is 4. The van der Waals surface area contributed by atoms with Crippen LogP contribution in [0.3, 0.4) is 0 Å². The van der Waals surface area contributed by atoms with Crippen LogP contribution in [0.1, 0.15) is 22.2 Å². The lowest BCUT2D eigenvalue weighted by Gasteiger charge is -2.40. The first kappa shape index (κ1) is 20.9. The monoisotopic (exact) mass is 421 g/mol. The highest BCUT2D eigenvalue weighted by atomic mass is 16.5. The molecule has 2 heterocycles. The van der Waals surface area contributed by atoms with Crippen molar-refractivity contribution in [2.75, 3.05) is 52.3 Å². The van der Waals surface area contributed by atoms with Gasteiger partial charge in [-0.2, -0.15) is 0 Å². The van der Waals surface area contributed by atoms with E-state index in [1.54, 1.807) is 9.80 Å². The number of hydrogen-bond acceptors (Lipinski definition) is 5. The lowest BCUT2D eigenvalue weighted by Crippen LogP contribution is -2.53. The molecule has 0 aliphatic carbocycles.